The number of nitrogens with one attached hydrogen (secondary N) is 1. The van der Waals surface area contributed by atoms with Crippen LogP contribution in [0.5, 0.6) is 5.75 Å². The third-order valence-electron chi connectivity index (χ3n) is 4.26. The Morgan fingerprint density at radius 1 is 1.06 bits per heavy atom. The van der Waals surface area contributed by atoms with Gasteiger partial charge in [0.25, 0.3) is 5.91 Å². The quantitative estimate of drug-likeness (QED) is 0.396. The maximum absolute atomic E-state index is 12.5. The van der Waals surface area contributed by atoms with Gasteiger partial charge >= 0.3 is 5.97 Å². The maximum atomic E-state index is 12.5. The minimum atomic E-state index is -1.00. The van der Waals surface area contributed by atoms with Gasteiger partial charge in [0.15, 0.2) is 0 Å². The highest BCUT2D eigenvalue weighted by atomic mass is 35.5. The van der Waals surface area contributed by atoms with Gasteiger partial charge < -0.3 is 15.2 Å². The number of carboxylic acids is 1. The lowest BCUT2D eigenvalue weighted by atomic mass is 10.1. The lowest BCUT2D eigenvalue weighted by Gasteiger charge is -2.11. The van der Waals surface area contributed by atoms with E-state index < -0.39 is 11.9 Å². The van der Waals surface area contributed by atoms with Gasteiger partial charge in [-0.05, 0) is 54.1 Å². The third kappa shape index (κ3) is 5.95. The Kier molecular flexibility index (Phi) is 7.05. The van der Waals surface area contributed by atoms with Crippen LogP contribution >= 0.6 is 11.6 Å². The summed E-state index contributed by atoms with van der Waals surface area (Å²) in [6.07, 6.45) is 1.41. The van der Waals surface area contributed by atoms with Crippen molar-refractivity contribution in [2.75, 3.05) is 5.32 Å². The number of carbonyl (C=O) groups is 2. The summed E-state index contributed by atoms with van der Waals surface area (Å²) in [4.78, 5) is 23.4. The van der Waals surface area contributed by atoms with Gasteiger partial charge in [0.1, 0.15) is 24.0 Å². The Labute approximate surface area is 184 Å². The van der Waals surface area contributed by atoms with E-state index in [4.69, 9.17) is 21.4 Å². The average Bonchev–Trinajstić information content (AvgIpc) is 2.77. The molecule has 0 fully saturated rings. The summed E-state index contributed by atoms with van der Waals surface area (Å²) >= 11 is 6.09. The molecule has 0 saturated heterocycles. The molecule has 7 heteroatoms. The number of hydrogen-bond acceptors (Lipinski definition) is 4. The maximum Gasteiger partial charge on any atom is 0.335 e. The number of nitrogens with zero attached hydrogens (tertiary/aromatic N) is 1. The van der Waals surface area contributed by atoms with E-state index in [1.54, 1.807) is 54.6 Å². The molecule has 0 aliphatic carbocycles. The molecule has 0 heterocycles. The summed E-state index contributed by atoms with van der Waals surface area (Å²) in [5, 5.41) is 21.5. The molecular weight excluding hydrogens is 416 g/mol. The zero-order valence-electron chi connectivity index (χ0n) is 16.2. The highest BCUT2D eigenvalue weighted by Crippen LogP contribution is 2.26. The molecule has 6 nitrogen and oxygen atoms in total. The van der Waals surface area contributed by atoms with E-state index in [2.05, 4.69) is 5.32 Å². The van der Waals surface area contributed by atoms with Gasteiger partial charge in [0, 0.05) is 16.3 Å². The van der Waals surface area contributed by atoms with Crippen molar-refractivity contribution < 1.29 is 19.4 Å². The van der Waals surface area contributed by atoms with E-state index in [9.17, 15) is 14.9 Å². The van der Waals surface area contributed by atoms with Crippen molar-refractivity contribution in [1.29, 1.82) is 5.26 Å². The largest absolute Gasteiger partial charge is 0.488 e. The number of para-hydroxylation sites is 1. The number of aromatic carboxylic acids is 1. The summed E-state index contributed by atoms with van der Waals surface area (Å²) in [7, 11) is 0. The highest BCUT2D eigenvalue weighted by Gasteiger charge is 2.12. The van der Waals surface area contributed by atoms with Gasteiger partial charge in [0.05, 0.1) is 5.56 Å². The fourth-order valence-electron chi connectivity index (χ4n) is 2.69. The van der Waals surface area contributed by atoms with Crippen molar-refractivity contribution >= 4 is 35.2 Å². The molecule has 3 aromatic rings. The minimum absolute atomic E-state index is 0.109. The van der Waals surface area contributed by atoms with Crippen LogP contribution in [0.2, 0.25) is 5.02 Å². The first-order chi connectivity index (χ1) is 15.0. The van der Waals surface area contributed by atoms with Crippen LogP contribution in [0.4, 0.5) is 5.69 Å². The van der Waals surface area contributed by atoms with E-state index in [-0.39, 0.29) is 17.7 Å². The van der Waals surface area contributed by atoms with Crippen LogP contribution in [0.15, 0.2) is 78.4 Å². The van der Waals surface area contributed by atoms with Crippen molar-refractivity contribution in [2.24, 2.45) is 0 Å². The van der Waals surface area contributed by atoms with Crippen LogP contribution in [0, 0.1) is 11.3 Å². The Morgan fingerprint density at radius 3 is 2.42 bits per heavy atom. The smallest absolute Gasteiger partial charge is 0.335 e. The molecule has 154 valence electrons. The molecule has 0 saturated carbocycles. The first-order valence-electron chi connectivity index (χ1n) is 9.19. The number of carbonyl (C=O) groups excluding carboxylic acids is 1. The number of rotatable bonds is 7. The number of amides is 1. The SMILES string of the molecule is N#C/C(=C\c1cc(Cl)ccc1OCc1ccc(C(=O)O)cc1)C(=O)Nc1ccccc1. The summed E-state index contributed by atoms with van der Waals surface area (Å²) in [6, 6.07) is 21.9. The molecule has 31 heavy (non-hydrogen) atoms. The lowest BCUT2D eigenvalue weighted by molar-refractivity contribution is -0.112. The summed E-state index contributed by atoms with van der Waals surface area (Å²) in [5.74, 6) is -1.13. The molecule has 0 bridgehead atoms. The highest BCUT2D eigenvalue weighted by molar-refractivity contribution is 6.30. The Balaban J connectivity index is 1.80. The first-order valence-corrected chi connectivity index (χ1v) is 9.57. The topological polar surface area (TPSA) is 99.4 Å². The number of carboxylic acid groups (broad SMARTS) is 1. The Morgan fingerprint density at radius 2 is 1.77 bits per heavy atom. The fourth-order valence-corrected chi connectivity index (χ4v) is 2.87. The molecule has 0 spiro atoms. The molecule has 3 rings (SSSR count). The first kappa shape index (κ1) is 21.6. The normalized spacial score (nSPS) is 10.8. The molecular formula is C24H17ClN2O4. The molecule has 0 aromatic heterocycles. The van der Waals surface area contributed by atoms with E-state index in [0.29, 0.717) is 22.0 Å². The molecule has 3 aromatic carbocycles. The van der Waals surface area contributed by atoms with E-state index in [1.165, 1.54) is 18.2 Å². The van der Waals surface area contributed by atoms with Crippen molar-refractivity contribution in [1.82, 2.24) is 0 Å². The standard InChI is InChI=1S/C24H17ClN2O4/c25-20-10-11-22(31-15-16-6-8-17(9-7-16)24(29)30)18(13-20)12-19(14-26)23(28)27-21-4-2-1-3-5-21/h1-13H,15H2,(H,27,28)(H,29,30)/b19-12+. The van der Waals surface area contributed by atoms with Crippen LogP contribution in [-0.4, -0.2) is 17.0 Å². The van der Waals surface area contributed by atoms with Gasteiger partial charge in [0.2, 0.25) is 0 Å². The van der Waals surface area contributed by atoms with Gasteiger partial charge in [-0.2, -0.15) is 5.26 Å². The predicted molar refractivity (Wildman–Crippen MR) is 118 cm³/mol. The lowest BCUT2D eigenvalue weighted by Crippen LogP contribution is -2.13. The Bertz CT molecular complexity index is 1170. The van der Waals surface area contributed by atoms with Crippen molar-refractivity contribution in [3.05, 3.63) is 100 Å². The van der Waals surface area contributed by atoms with Crippen molar-refractivity contribution in [3.63, 3.8) is 0 Å². The van der Waals surface area contributed by atoms with Crippen LogP contribution in [0.25, 0.3) is 6.08 Å². The second kappa shape index (κ2) is 10.1. The molecule has 0 aliphatic heterocycles. The van der Waals surface area contributed by atoms with Gasteiger partial charge in [-0.25, -0.2) is 4.79 Å². The molecule has 1 amide bonds. The third-order valence-corrected chi connectivity index (χ3v) is 4.50. The molecule has 0 unspecified atom stereocenters. The van der Waals surface area contributed by atoms with Gasteiger partial charge in [-0.1, -0.05) is 41.9 Å². The van der Waals surface area contributed by atoms with E-state index in [1.807, 2.05) is 12.1 Å². The van der Waals surface area contributed by atoms with Crippen LogP contribution in [0.1, 0.15) is 21.5 Å². The number of nitriles is 1. The Hall–Kier alpha value is -4.08. The number of anilines is 1. The molecule has 0 aliphatic rings. The minimum Gasteiger partial charge on any atom is -0.488 e. The monoisotopic (exact) mass is 432 g/mol. The number of ether oxygens (including phenoxy) is 1. The summed E-state index contributed by atoms with van der Waals surface area (Å²) in [5.41, 5.74) is 1.87. The molecule has 0 radical (unpaired) electrons. The number of benzene rings is 3. The number of hydrogen-bond donors (Lipinski definition) is 2. The van der Waals surface area contributed by atoms with Crippen molar-refractivity contribution in [2.45, 2.75) is 6.61 Å². The predicted octanol–water partition coefficient (Wildman–Crippen LogP) is 5.16. The molecule has 0 atom stereocenters. The van der Waals surface area contributed by atoms with E-state index in [0.717, 1.165) is 5.56 Å². The second-order valence-electron chi connectivity index (χ2n) is 6.46. The summed E-state index contributed by atoms with van der Waals surface area (Å²) in [6.45, 7) is 0.167. The average molecular weight is 433 g/mol. The zero-order valence-corrected chi connectivity index (χ0v) is 17.0. The van der Waals surface area contributed by atoms with Crippen LogP contribution in [-0.2, 0) is 11.4 Å². The second-order valence-corrected chi connectivity index (χ2v) is 6.90. The summed E-state index contributed by atoms with van der Waals surface area (Å²) < 4.78 is 5.83. The number of halogens is 1. The van der Waals surface area contributed by atoms with Crippen molar-refractivity contribution in [3.8, 4) is 11.8 Å². The fraction of sp³-hybridized carbons (Fsp3) is 0.0417. The molecule has 2 N–H and O–H groups in total. The van der Waals surface area contributed by atoms with Gasteiger partial charge in [-0.15, -0.1) is 0 Å². The van der Waals surface area contributed by atoms with E-state index >= 15 is 0 Å². The van der Waals surface area contributed by atoms with Gasteiger partial charge in [-0.3, -0.25) is 4.79 Å². The van der Waals surface area contributed by atoms with Crippen LogP contribution in [0.3, 0.4) is 0 Å². The zero-order chi connectivity index (χ0) is 22.2. The van der Waals surface area contributed by atoms with Crippen LogP contribution < -0.4 is 10.1 Å².